The van der Waals surface area contributed by atoms with Gasteiger partial charge < -0.3 is 4.84 Å². The molecule has 5 nitrogen and oxygen atoms in total. The minimum atomic E-state index is -0.559. The molecule has 0 radical (unpaired) electrons. The maximum Gasteiger partial charge on any atom is 0.362 e. The minimum absolute atomic E-state index is 0.278. The van der Waals surface area contributed by atoms with Gasteiger partial charge in [0, 0.05) is 23.7 Å². The van der Waals surface area contributed by atoms with Crippen LogP contribution >= 0.6 is 0 Å². The highest BCUT2D eigenvalue weighted by Gasteiger charge is 2.09. The molecule has 3 aromatic rings. The van der Waals surface area contributed by atoms with E-state index in [1.807, 2.05) is 30.5 Å². The van der Waals surface area contributed by atoms with Crippen molar-refractivity contribution in [1.29, 1.82) is 0 Å². The summed E-state index contributed by atoms with van der Waals surface area (Å²) in [6.45, 7) is 0. The largest absolute Gasteiger partial charge is 0.362 e. The number of pyridine rings is 1. The number of carbonyl (C=O) groups is 2. The zero-order chi connectivity index (χ0) is 19.6. The molecule has 0 aliphatic carbocycles. The number of nitrogens with one attached hydrogen (secondary N) is 1. The first-order valence-electron chi connectivity index (χ1n) is 9.62. The molecule has 0 saturated carbocycles. The van der Waals surface area contributed by atoms with Crippen LogP contribution in [-0.2, 0) is 16.1 Å². The fourth-order valence-electron chi connectivity index (χ4n) is 3.10. The van der Waals surface area contributed by atoms with Crippen molar-refractivity contribution in [2.75, 3.05) is 0 Å². The van der Waals surface area contributed by atoms with Gasteiger partial charge in [0.2, 0.25) is 0 Å². The fourth-order valence-corrected chi connectivity index (χ4v) is 3.10. The lowest BCUT2D eigenvalue weighted by Crippen LogP contribution is -2.26. The van der Waals surface area contributed by atoms with Crippen LogP contribution in [0.2, 0.25) is 0 Å². The summed E-state index contributed by atoms with van der Waals surface area (Å²) in [5, 5.41) is 2.43. The molecule has 144 valence electrons. The van der Waals surface area contributed by atoms with Gasteiger partial charge in [0.1, 0.15) is 0 Å². The number of benzene rings is 2. The number of amides is 1. The molecule has 3 rings (SSSR count). The summed E-state index contributed by atoms with van der Waals surface area (Å²) in [4.78, 5) is 32.9. The van der Waals surface area contributed by atoms with Crippen LogP contribution in [0.4, 0.5) is 0 Å². The third-order valence-electron chi connectivity index (χ3n) is 4.59. The van der Waals surface area contributed by atoms with Crippen molar-refractivity contribution in [2.45, 2.75) is 38.5 Å². The van der Waals surface area contributed by atoms with E-state index in [0.29, 0.717) is 12.0 Å². The third-order valence-corrected chi connectivity index (χ3v) is 4.59. The number of nitrogens with zero attached hydrogens (tertiary/aromatic N) is 1. The van der Waals surface area contributed by atoms with Crippen LogP contribution in [0, 0.1) is 0 Å². The summed E-state index contributed by atoms with van der Waals surface area (Å²) in [5.74, 6) is -0.837. The van der Waals surface area contributed by atoms with Gasteiger partial charge in [-0.15, -0.1) is 0 Å². The smallest absolute Gasteiger partial charge is 0.335 e. The van der Waals surface area contributed by atoms with Gasteiger partial charge in [-0.25, -0.2) is 4.79 Å². The van der Waals surface area contributed by atoms with Gasteiger partial charge in [0.05, 0.1) is 5.56 Å². The second-order valence-electron chi connectivity index (χ2n) is 6.67. The average molecular weight is 376 g/mol. The standard InChI is InChI=1S/C23H24N2O3/c26-22(25-28-23(27)19-11-4-3-5-12-19)15-7-2-1-6-14-21-20-13-9-8-10-18(20)16-17-24-21/h3-5,8-13,16-17H,1-2,6-7,14-15H2,(H,25,26). The summed E-state index contributed by atoms with van der Waals surface area (Å²) in [5.41, 5.74) is 3.75. The zero-order valence-electron chi connectivity index (χ0n) is 15.8. The van der Waals surface area contributed by atoms with Gasteiger partial charge in [0.15, 0.2) is 0 Å². The summed E-state index contributed by atoms with van der Waals surface area (Å²) in [6.07, 6.45) is 6.91. The first kappa shape index (κ1) is 19.5. The Morgan fingerprint density at radius 3 is 2.46 bits per heavy atom. The molecule has 1 amide bonds. The first-order valence-corrected chi connectivity index (χ1v) is 9.62. The molecular formula is C23H24N2O3. The second kappa shape index (κ2) is 10.2. The maximum absolute atomic E-state index is 11.8. The molecule has 0 aliphatic heterocycles. The summed E-state index contributed by atoms with van der Waals surface area (Å²) in [6, 6.07) is 18.9. The molecule has 0 spiro atoms. The highest BCUT2D eigenvalue weighted by Crippen LogP contribution is 2.18. The SMILES string of the molecule is O=C(CCCCCCc1nccc2ccccc12)NOC(=O)c1ccccc1. The molecule has 0 aliphatic rings. The van der Waals surface area contributed by atoms with Crippen LogP contribution in [-0.4, -0.2) is 16.9 Å². The number of unbranched alkanes of at least 4 members (excludes halogenated alkanes) is 3. The number of rotatable bonds is 8. The van der Waals surface area contributed by atoms with Crippen molar-refractivity contribution in [3.05, 3.63) is 78.1 Å². The van der Waals surface area contributed by atoms with Crippen molar-refractivity contribution >= 4 is 22.6 Å². The van der Waals surface area contributed by atoms with Crippen molar-refractivity contribution in [3.8, 4) is 0 Å². The van der Waals surface area contributed by atoms with E-state index in [1.165, 1.54) is 10.8 Å². The number of hydrogen-bond acceptors (Lipinski definition) is 4. The van der Waals surface area contributed by atoms with E-state index in [2.05, 4.69) is 22.6 Å². The molecule has 0 bridgehead atoms. The van der Waals surface area contributed by atoms with Crippen LogP contribution in [0.5, 0.6) is 0 Å². The van der Waals surface area contributed by atoms with E-state index in [1.54, 1.807) is 24.3 Å². The first-order chi connectivity index (χ1) is 13.7. The lowest BCUT2D eigenvalue weighted by molar-refractivity contribution is -0.130. The Balaban J connectivity index is 1.30. The maximum atomic E-state index is 11.8. The van der Waals surface area contributed by atoms with E-state index in [0.717, 1.165) is 37.8 Å². The highest BCUT2D eigenvalue weighted by atomic mass is 16.7. The van der Waals surface area contributed by atoms with Crippen molar-refractivity contribution < 1.29 is 14.4 Å². The average Bonchev–Trinajstić information content (AvgIpc) is 2.75. The molecule has 1 aromatic heterocycles. The number of aromatic nitrogens is 1. The lowest BCUT2D eigenvalue weighted by atomic mass is 10.0. The van der Waals surface area contributed by atoms with Crippen LogP contribution in [0.1, 0.15) is 48.2 Å². The molecule has 0 fully saturated rings. The predicted octanol–water partition coefficient (Wildman–Crippen LogP) is 4.62. The van der Waals surface area contributed by atoms with Crippen molar-refractivity contribution in [2.24, 2.45) is 0 Å². The molecule has 28 heavy (non-hydrogen) atoms. The topological polar surface area (TPSA) is 68.3 Å². The van der Waals surface area contributed by atoms with Gasteiger partial charge in [-0.2, -0.15) is 5.48 Å². The monoisotopic (exact) mass is 376 g/mol. The number of hydroxylamine groups is 1. The van der Waals surface area contributed by atoms with E-state index in [4.69, 9.17) is 4.84 Å². The molecule has 0 saturated heterocycles. The predicted molar refractivity (Wildman–Crippen MR) is 109 cm³/mol. The van der Waals surface area contributed by atoms with Gasteiger partial charge >= 0.3 is 5.97 Å². The number of carbonyl (C=O) groups excluding carboxylic acids is 2. The number of fused-ring (bicyclic) bond motifs is 1. The molecule has 1 heterocycles. The normalized spacial score (nSPS) is 10.6. The van der Waals surface area contributed by atoms with Gasteiger partial charge in [-0.3, -0.25) is 9.78 Å². The quantitative estimate of drug-likeness (QED) is 0.460. The van der Waals surface area contributed by atoms with Crippen LogP contribution in [0.25, 0.3) is 10.8 Å². The van der Waals surface area contributed by atoms with Crippen molar-refractivity contribution in [1.82, 2.24) is 10.5 Å². The van der Waals surface area contributed by atoms with E-state index in [-0.39, 0.29) is 5.91 Å². The Labute approximate surface area is 164 Å². The molecule has 5 heteroatoms. The van der Waals surface area contributed by atoms with Gasteiger partial charge in [-0.1, -0.05) is 55.3 Å². The molecule has 1 N–H and O–H groups in total. The number of hydrogen-bond donors (Lipinski definition) is 1. The Morgan fingerprint density at radius 1 is 0.857 bits per heavy atom. The fraction of sp³-hybridized carbons (Fsp3) is 0.261. The number of aryl methyl sites for hydroxylation is 1. The van der Waals surface area contributed by atoms with Crippen LogP contribution in [0.15, 0.2) is 66.9 Å². The van der Waals surface area contributed by atoms with Crippen molar-refractivity contribution in [3.63, 3.8) is 0 Å². The molecule has 0 unspecified atom stereocenters. The van der Waals surface area contributed by atoms with Gasteiger partial charge in [-0.05, 0) is 42.8 Å². The summed E-state index contributed by atoms with van der Waals surface area (Å²) < 4.78 is 0. The van der Waals surface area contributed by atoms with Crippen LogP contribution in [0.3, 0.4) is 0 Å². The van der Waals surface area contributed by atoms with E-state index in [9.17, 15) is 9.59 Å². The molecule has 2 aromatic carbocycles. The van der Waals surface area contributed by atoms with Crippen LogP contribution < -0.4 is 5.48 Å². The van der Waals surface area contributed by atoms with Gasteiger partial charge in [0.25, 0.3) is 5.91 Å². The Morgan fingerprint density at radius 2 is 1.61 bits per heavy atom. The molecule has 0 atom stereocenters. The Bertz CT molecular complexity index is 920. The third kappa shape index (κ3) is 5.64. The molecular weight excluding hydrogens is 352 g/mol. The summed E-state index contributed by atoms with van der Waals surface area (Å²) >= 11 is 0. The minimum Gasteiger partial charge on any atom is -0.335 e. The van der Waals surface area contributed by atoms with E-state index < -0.39 is 5.97 Å². The highest BCUT2D eigenvalue weighted by molar-refractivity contribution is 5.90. The zero-order valence-corrected chi connectivity index (χ0v) is 15.8. The summed E-state index contributed by atoms with van der Waals surface area (Å²) in [7, 11) is 0. The lowest BCUT2D eigenvalue weighted by Gasteiger charge is -2.06. The Kier molecular flexibility index (Phi) is 7.13. The van der Waals surface area contributed by atoms with E-state index >= 15 is 0 Å². The Hall–Kier alpha value is -3.21. The second-order valence-corrected chi connectivity index (χ2v) is 6.67.